The zero-order valence-electron chi connectivity index (χ0n) is 8.08. The van der Waals surface area contributed by atoms with Crippen molar-refractivity contribution in [2.45, 2.75) is 19.8 Å². The van der Waals surface area contributed by atoms with Crippen molar-refractivity contribution in [2.24, 2.45) is 5.92 Å². The Balaban J connectivity index is 2.12. The van der Waals surface area contributed by atoms with E-state index in [0.717, 1.165) is 19.5 Å². The monoisotopic (exact) mass is 183 g/mol. The molecule has 74 valence electrons. The number of ether oxygens (including phenoxy) is 1. The molecule has 0 spiro atoms. The van der Waals surface area contributed by atoms with E-state index in [0.29, 0.717) is 12.5 Å². The Morgan fingerprint density at radius 1 is 1.69 bits per heavy atom. The lowest BCUT2D eigenvalue weighted by molar-refractivity contribution is -0.137. The molecule has 1 rings (SSSR count). The molecule has 3 nitrogen and oxygen atoms in total. The van der Waals surface area contributed by atoms with Crippen molar-refractivity contribution in [3.05, 3.63) is 12.2 Å². The first-order valence-corrected chi connectivity index (χ1v) is 4.87. The first kappa shape index (κ1) is 10.3. The lowest BCUT2D eigenvalue weighted by Gasteiger charge is -2.01. The van der Waals surface area contributed by atoms with Gasteiger partial charge in [0.1, 0.15) is 0 Å². The van der Waals surface area contributed by atoms with Crippen molar-refractivity contribution in [3.63, 3.8) is 0 Å². The summed E-state index contributed by atoms with van der Waals surface area (Å²) in [5.74, 6) is 0.471. The van der Waals surface area contributed by atoms with Crippen LogP contribution >= 0.6 is 0 Å². The van der Waals surface area contributed by atoms with Crippen LogP contribution in [0.3, 0.4) is 0 Å². The summed E-state index contributed by atoms with van der Waals surface area (Å²) in [5.41, 5.74) is 0. The largest absolute Gasteiger partial charge is 0.463 e. The van der Waals surface area contributed by atoms with Gasteiger partial charge >= 0.3 is 5.97 Å². The van der Waals surface area contributed by atoms with Gasteiger partial charge in [0, 0.05) is 6.08 Å². The number of allylic oxidation sites excluding steroid dienone is 1. The fraction of sp³-hybridized carbons (Fsp3) is 0.700. The van der Waals surface area contributed by atoms with Crippen LogP contribution in [-0.4, -0.2) is 25.7 Å². The topological polar surface area (TPSA) is 38.3 Å². The summed E-state index contributed by atoms with van der Waals surface area (Å²) in [7, 11) is 0. The SMILES string of the molecule is CCOC(=O)/C=C\C[C@H]1CCNC1. The third-order valence-corrected chi connectivity index (χ3v) is 2.17. The van der Waals surface area contributed by atoms with Crippen LogP contribution in [0.25, 0.3) is 0 Å². The molecule has 0 aromatic rings. The molecule has 1 saturated heterocycles. The minimum absolute atomic E-state index is 0.228. The maximum absolute atomic E-state index is 10.9. The van der Waals surface area contributed by atoms with Gasteiger partial charge in [0.05, 0.1) is 6.61 Å². The maximum Gasteiger partial charge on any atom is 0.330 e. The van der Waals surface area contributed by atoms with Gasteiger partial charge in [0.25, 0.3) is 0 Å². The third kappa shape index (κ3) is 4.08. The summed E-state index contributed by atoms with van der Waals surface area (Å²) in [6, 6.07) is 0. The van der Waals surface area contributed by atoms with Crippen LogP contribution in [0.4, 0.5) is 0 Å². The molecule has 1 heterocycles. The number of rotatable bonds is 4. The van der Waals surface area contributed by atoms with Crippen LogP contribution in [0.5, 0.6) is 0 Å². The summed E-state index contributed by atoms with van der Waals surface area (Å²) in [5, 5.41) is 3.29. The Morgan fingerprint density at radius 3 is 3.15 bits per heavy atom. The van der Waals surface area contributed by atoms with Crippen molar-refractivity contribution in [1.29, 1.82) is 0 Å². The molecule has 1 fully saturated rings. The van der Waals surface area contributed by atoms with Crippen LogP contribution in [0.1, 0.15) is 19.8 Å². The average Bonchev–Trinajstić information content (AvgIpc) is 2.57. The molecule has 1 aliphatic rings. The normalized spacial score (nSPS) is 22.4. The van der Waals surface area contributed by atoms with Gasteiger partial charge in [-0.1, -0.05) is 6.08 Å². The zero-order valence-corrected chi connectivity index (χ0v) is 8.08. The second-order valence-corrected chi connectivity index (χ2v) is 3.25. The van der Waals surface area contributed by atoms with Crippen LogP contribution in [0.2, 0.25) is 0 Å². The second kappa shape index (κ2) is 5.75. The number of esters is 1. The number of hydrogen-bond donors (Lipinski definition) is 1. The first-order valence-electron chi connectivity index (χ1n) is 4.87. The molecular formula is C10H17NO2. The summed E-state index contributed by atoms with van der Waals surface area (Å²) < 4.78 is 4.77. The first-order chi connectivity index (χ1) is 6.33. The minimum atomic E-state index is -0.228. The fourth-order valence-corrected chi connectivity index (χ4v) is 1.46. The van der Waals surface area contributed by atoms with Gasteiger partial charge in [0.15, 0.2) is 0 Å². The lowest BCUT2D eigenvalue weighted by Crippen LogP contribution is -2.08. The van der Waals surface area contributed by atoms with E-state index >= 15 is 0 Å². The Hall–Kier alpha value is -0.830. The smallest absolute Gasteiger partial charge is 0.330 e. The van der Waals surface area contributed by atoms with Crippen LogP contribution in [0, 0.1) is 5.92 Å². The number of nitrogens with one attached hydrogen (secondary N) is 1. The quantitative estimate of drug-likeness (QED) is 0.524. The van der Waals surface area contributed by atoms with E-state index in [4.69, 9.17) is 4.74 Å². The van der Waals surface area contributed by atoms with E-state index in [1.807, 2.05) is 13.0 Å². The van der Waals surface area contributed by atoms with Gasteiger partial charge in [0.2, 0.25) is 0 Å². The van der Waals surface area contributed by atoms with E-state index in [1.54, 1.807) is 0 Å². The Labute approximate surface area is 79.2 Å². The molecule has 0 aromatic heterocycles. The Kier molecular flexibility index (Phi) is 4.54. The van der Waals surface area contributed by atoms with Crippen LogP contribution in [0.15, 0.2) is 12.2 Å². The second-order valence-electron chi connectivity index (χ2n) is 3.25. The molecule has 0 saturated carbocycles. The van der Waals surface area contributed by atoms with Gasteiger partial charge in [-0.15, -0.1) is 0 Å². The summed E-state index contributed by atoms with van der Waals surface area (Å²) in [6.07, 6.45) is 5.64. The molecule has 3 heteroatoms. The third-order valence-electron chi connectivity index (χ3n) is 2.17. The summed E-state index contributed by atoms with van der Waals surface area (Å²) in [4.78, 5) is 10.9. The van der Waals surface area contributed by atoms with E-state index < -0.39 is 0 Å². The predicted octanol–water partition coefficient (Wildman–Crippen LogP) is 1.11. The molecule has 0 aromatic carbocycles. The molecule has 0 aliphatic carbocycles. The molecule has 0 amide bonds. The molecule has 1 N–H and O–H groups in total. The van der Waals surface area contributed by atoms with Crippen molar-refractivity contribution in [2.75, 3.05) is 19.7 Å². The van der Waals surface area contributed by atoms with Crippen molar-refractivity contribution < 1.29 is 9.53 Å². The Bertz CT molecular complexity index is 183. The van der Waals surface area contributed by atoms with Gasteiger partial charge in [-0.3, -0.25) is 0 Å². The Morgan fingerprint density at radius 2 is 2.54 bits per heavy atom. The van der Waals surface area contributed by atoms with Crippen molar-refractivity contribution >= 4 is 5.97 Å². The molecule has 1 aliphatic heterocycles. The van der Waals surface area contributed by atoms with Crippen LogP contribution < -0.4 is 5.32 Å². The highest BCUT2D eigenvalue weighted by Crippen LogP contribution is 2.12. The van der Waals surface area contributed by atoms with Crippen molar-refractivity contribution in [3.8, 4) is 0 Å². The average molecular weight is 183 g/mol. The van der Waals surface area contributed by atoms with E-state index in [2.05, 4.69) is 5.32 Å². The van der Waals surface area contributed by atoms with Gasteiger partial charge < -0.3 is 10.1 Å². The molecule has 0 unspecified atom stereocenters. The van der Waals surface area contributed by atoms with E-state index in [1.165, 1.54) is 12.5 Å². The highest BCUT2D eigenvalue weighted by atomic mass is 16.5. The predicted molar refractivity (Wildman–Crippen MR) is 51.4 cm³/mol. The van der Waals surface area contributed by atoms with Crippen molar-refractivity contribution in [1.82, 2.24) is 5.32 Å². The highest BCUT2D eigenvalue weighted by molar-refractivity contribution is 5.81. The van der Waals surface area contributed by atoms with E-state index in [9.17, 15) is 4.79 Å². The van der Waals surface area contributed by atoms with Gasteiger partial charge in [-0.25, -0.2) is 4.79 Å². The molecule has 13 heavy (non-hydrogen) atoms. The molecular weight excluding hydrogens is 166 g/mol. The lowest BCUT2D eigenvalue weighted by atomic mass is 10.1. The van der Waals surface area contributed by atoms with Crippen LogP contribution in [-0.2, 0) is 9.53 Å². The van der Waals surface area contributed by atoms with Gasteiger partial charge in [-0.2, -0.15) is 0 Å². The summed E-state index contributed by atoms with van der Waals surface area (Å²) >= 11 is 0. The standard InChI is InChI=1S/C10H17NO2/c1-2-13-10(12)5-3-4-9-6-7-11-8-9/h3,5,9,11H,2,4,6-8H2,1H3/b5-3-/t9-/m0/s1. The molecule has 0 radical (unpaired) electrons. The van der Waals surface area contributed by atoms with Gasteiger partial charge in [-0.05, 0) is 38.8 Å². The highest BCUT2D eigenvalue weighted by Gasteiger charge is 2.12. The molecule has 0 bridgehead atoms. The number of carbonyl (C=O) groups is 1. The number of hydrogen-bond acceptors (Lipinski definition) is 3. The summed E-state index contributed by atoms with van der Waals surface area (Å²) in [6.45, 7) is 4.45. The molecule has 1 atom stereocenters. The number of carbonyl (C=O) groups excluding carboxylic acids is 1. The minimum Gasteiger partial charge on any atom is -0.463 e. The zero-order chi connectivity index (χ0) is 9.52. The van der Waals surface area contributed by atoms with E-state index in [-0.39, 0.29) is 5.97 Å². The maximum atomic E-state index is 10.9. The fourth-order valence-electron chi connectivity index (χ4n) is 1.46.